The van der Waals surface area contributed by atoms with Crippen LogP contribution >= 0.6 is 38.5 Å². The average Bonchev–Trinajstić information content (AvgIpc) is 2.78. The molecule has 3 aromatic carbocycles. The number of methoxy groups -OCH3 is 1. The molecule has 0 aliphatic carbocycles. The van der Waals surface area contributed by atoms with Crippen molar-refractivity contribution in [2.75, 3.05) is 7.11 Å². The van der Waals surface area contributed by atoms with Crippen molar-refractivity contribution in [1.29, 1.82) is 0 Å². The third-order valence-corrected chi connectivity index (χ3v) is 6.30. The van der Waals surface area contributed by atoms with Crippen molar-refractivity contribution >= 4 is 55.6 Å². The average molecular weight is 618 g/mol. The van der Waals surface area contributed by atoms with E-state index < -0.39 is 0 Å². The van der Waals surface area contributed by atoms with Gasteiger partial charge >= 0.3 is 0 Å². The van der Waals surface area contributed by atoms with Gasteiger partial charge in [0, 0.05) is 4.47 Å². The summed E-state index contributed by atoms with van der Waals surface area (Å²) in [6.45, 7) is 4.25. The van der Waals surface area contributed by atoms with Gasteiger partial charge in [-0.3, -0.25) is 4.79 Å². The molecule has 33 heavy (non-hydrogen) atoms. The minimum Gasteiger partial charge on any atom is -0.493 e. The van der Waals surface area contributed by atoms with Gasteiger partial charge in [-0.25, -0.2) is 4.98 Å². The fraction of sp³-hybridized carbons (Fsp3) is 0.160. The lowest BCUT2D eigenvalue weighted by Crippen LogP contribution is -2.20. The summed E-state index contributed by atoms with van der Waals surface area (Å²) in [4.78, 5) is 17.4. The Labute approximate surface area is 213 Å². The minimum absolute atomic E-state index is 0.227. The summed E-state index contributed by atoms with van der Waals surface area (Å²) < 4.78 is 14.6. The number of hydrogen-bond acceptors (Lipinski definition) is 5. The van der Waals surface area contributed by atoms with Gasteiger partial charge in [-0.15, -0.1) is 0 Å². The van der Waals surface area contributed by atoms with Crippen LogP contribution in [-0.2, 0) is 6.61 Å². The third-order valence-electron chi connectivity index (χ3n) is 5.01. The van der Waals surface area contributed by atoms with E-state index in [1.165, 1.54) is 10.2 Å². The lowest BCUT2D eigenvalue weighted by Gasteiger charge is -2.14. The molecule has 1 heterocycles. The molecule has 0 bridgehead atoms. The van der Waals surface area contributed by atoms with Gasteiger partial charge < -0.3 is 9.47 Å². The molecule has 168 valence electrons. The predicted molar refractivity (Wildman–Crippen MR) is 143 cm³/mol. The molecular weight excluding hydrogens is 597 g/mol. The number of halogens is 2. The zero-order valence-corrected chi connectivity index (χ0v) is 22.0. The molecule has 0 saturated carbocycles. The summed E-state index contributed by atoms with van der Waals surface area (Å²) in [5, 5.41) is 4.91. The van der Waals surface area contributed by atoms with Gasteiger partial charge in [0.2, 0.25) is 0 Å². The van der Waals surface area contributed by atoms with E-state index in [1.807, 2.05) is 36.4 Å². The van der Waals surface area contributed by atoms with Crippen LogP contribution in [0.3, 0.4) is 0 Å². The molecule has 6 nitrogen and oxygen atoms in total. The highest BCUT2D eigenvalue weighted by Gasteiger charge is 2.12. The Balaban J connectivity index is 1.64. The van der Waals surface area contributed by atoms with E-state index in [0.29, 0.717) is 34.8 Å². The summed E-state index contributed by atoms with van der Waals surface area (Å²) in [5.41, 5.74) is 3.46. The van der Waals surface area contributed by atoms with Crippen molar-refractivity contribution in [3.05, 3.63) is 95.5 Å². The van der Waals surface area contributed by atoms with Crippen LogP contribution in [0.2, 0.25) is 0 Å². The second-order valence-corrected chi connectivity index (χ2v) is 9.57. The number of ether oxygens (including phenoxy) is 2. The molecule has 0 amide bonds. The Bertz CT molecular complexity index is 1430. The van der Waals surface area contributed by atoms with Gasteiger partial charge in [0.1, 0.15) is 12.4 Å². The molecule has 4 rings (SSSR count). The molecule has 1 aromatic heterocycles. The molecule has 0 spiro atoms. The fourth-order valence-electron chi connectivity index (χ4n) is 3.43. The third kappa shape index (κ3) is 5.27. The Kier molecular flexibility index (Phi) is 7.14. The maximum absolute atomic E-state index is 13.0. The fourth-order valence-corrected chi connectivity index (χ4v) is 4.57. The van der Waals surface area contributed by atoms with E-state index in [2.05, 4.69) is 67.7 Å². The van der Waals surface area contributed by atoms with Gasteiger partial charge in [0.05, 0.1) is 27.8 Å². The summed E-state index contributed by atoms with van der Waals surface area (Å²) in [7, 11) is 1.60. The van der Waals surface area contributed by atoms with Gasteiger partial charge in [0.15, 0.2) is 11.5 Å². The SMILES string of the molecule is COc1cc(C=Nn2c(C)nc3ccc(Br)cc3c2=O)cc(I)c1OCc1cccc(C)c1. The van der Waals surface area contributed by atoms with E-state index in [0.717, 1.165) is 19.2 Å². The number of hydrogen-bond donors (Lipinski definition) is 0. The zero-order chi connectivity index (χ0) is 23.5. The van der Waals surface area contributed by atoms with Crippen LogP contribution < -0.4 is 15.0 Å². The number of aromatic nitrogens is 2. The van der Waals surface area contributed by atoms with Crippen LogP contribution in [0.15, 0.2) is 69.0 Å². The van der Waals surface area contributed by atoms with E-state index in [9.17, 15) is 4.79 Å². The van der Waals surface area contributed by atoms with Crippen LogP contribution in [0.4, 0.5) is 0 Å². The van der Waals surface area contributed by atoms with Crippen LogP contribution in [0.5, 0.6) is 11.5 Å². The van der Waals surface area contributed by atoms with E-state index in [-0.39, 0.29) is 5.56 Å². The maximum Gasteiger partial charge on any atom is 0.282 e. The standard InChI is InChI=1S/C25H21BrIN3O3/c1-15-5-4-6-17(9-15)14-33-24-21(27)10-18(11-23(24)32-3)13-28-30-16(2)29-22-8-7-19(26)12-20(22)25(30)31/h4-13H,14H2,1-3H3. The second-order valence-electron chi connectivity index (χ2n) is 7.49. The van der Waals surface area contributed by atoms with Crippen molar-refractivity contribution in [3.63, 3.8) is 0 Å². The highest BCUT2D eigenvalue weighted by atomic mass is 127. The zero-order valence-electron chi connectivity index (χ0n) is 18.3. The molecule has 4 aromatic rings. The van der Waals surface area contributed by atoms with Gasteiger partial charge in [0.25, 0.3) is 5.56 Å². The van der Waals surface area contributed by atoms with Crippen molar-refractivity contribution in [1.82, 2.24) is 9.66 Å². The number of rotatable bonds is 6. The summed E-state index contributed by atoms with van der Waals surface area (Å²) in [5.74, 6) is 1.77. The highest BCUT2D eigenvalue weighted by molar-refractivity contribution is 14.1. The van der Waals surface area contributed by atoms with Crippen LogP contribution in [-0.4, -0.2) is 23.0 Å². The highest BCUT2D eigenvalue weighted by Crippen LogP contribution is 2.34. The maximum atomic E-state index is 13.0. The van der Waals surface area contributed by atoms with Crippen molar-refractivity contribution < 1.29 is 9.47 Å². The Morgan fingerprint density at radius 3 is 2.73 bits per heavy atom. The monoisotopic (exact) mass is 617 g/mol. The van der Waals surface area contributed by atoms with Gasteiger partial charge in [-0.1, -0.05) is 45.8 Å². The summed E-state index contributed by atoms with van der Waals surface area (Å²) in [6.07, 6.45) is 1.62. The molecule has 0 atom stereocenters. The van der Waals surface area contributed by atoms with Crippen LogP contribution in [0.25, 0.3) is 10.9 Å². The lowest BCUT2D eigenvalue weighted by atomic mass is 10.1. The first-order chi connectivity index (χ1) is 15.9. The van der Waals surface area contributed by atoms with Crippen LogP contribution in [0, 0.1) is 17.4 Å². The molecular formula is C25H21BrIN3O3. The number of fused-ring (bicyclic) bond motifs is 1. The van der Waals surface area contributed by atoms with Crippen molar-refractivity contribution in [2.24, 2.45) is 5.10 Å². The van der Waals surface area contributed by atoms with Crippen molar-refractivity contribution in [3.8, 4) is 11.5 Å². The first-order valence-electron chi connectivity index (χ1n) is 10.1. The molecule has 0 radical (unpaired) electrons. The van der Waals surface area contributed by atoms with Gasteiger partial charge in [-0.05, 0) is 77.9 Å². The Hall–Kier alpha value is -2.72. The normalized spacial score (nSPS) is 11.3. The number of benzene rings is 3. The number of aryl methyl sites for hydroxylation is 2. The summed E-state index contributed by atoms with van der Waals surface area (Å²) >= 11 is 5.62. The van der Waals surface area contributed by atoms with Crippen LogP contribution in [0.1, 0.15) is 22.5 Å². The second kappa shape index (κ2) is 10.0. The largest absolute Gasteiger partial charge is 0.493 e. The minimum atomic E-state index is -0.227. The quantitative estimate of drug-likeness (QED) is 0.201. The first-order valence-corrected chi connectivity index (χ1v) is 12.0. The molecule has 8 heteroatoms. The van der Waals surface area contributed by atoms with Crippen molar-refractivity contribution in [2.45, 2.75) is 20.5 Å². The molecule has 0 N–H and O–H groups in total. The molecule has 0 unspecified atom stereocenters. The molecule has 0 fully saturated rings. The number of nitrogens with zero attached hydrogens (tertiary/aromatic N) is 3. The molecule has 0 aliphatic heterocycles. The van der Waals surface area contributed by atoms with Gasteiger partial charge in [-0.2, -0.15) is 9.78 Å². The first kappa shape index (κ1) is 23.4. The summed E-state index contributed by atoms with van der Waals surface area (Å²) in [6, 6.07) is 17.4. The van der Waals surface area contributed by atoms with E-state index in [4.69, 9.17) is 9.47 Å². The Morgan fingerprint density at radius 1 is 1.15 bits per heavy atom. The Morgan fingerprint density at radius 2 is 1.97 bits per heavy atom. The predicted octanol–water partition coefficient (Wildman–Crippen LogP) is 5.85. The van der Waals surface area contributed by atoms with E-state index in [1.54, 1.807) is 26.3 Å². The van der Waals surface area contributed by atoms with E-state index >= 15 is 0 Å². The molecule has 0 saturated heterocycles. The topological polar surface area (TPSA) is 65.7 Å². The lowest BCUT2D eigenvalue weighted by molar-refractivity contribution is 0.282. The smallest absolute Gasteiger partial charge is 0.282 e. The molecule has 0 aliphatic rings.